The summed E-state index contributed by atoms with van der Waals surface area (Å²) >= 11 is 0. The van der Waals surface area contributed by atoms with Crippen molar-refractivity contribution in [2.45, 2.75) is 13.3 Å². The van der Waals surface area contributed by atoms with Gasteiger partial charge in [0.2, 0.25) is 0 Å². The van der Waals surface area contributed by atoms with Gasteiger partial charge in [0.25, 0.3) is 5.91 Å². The average molecular weight is 262 g/mol. The van der Waals surface area contributed by atoms with Gasteiger partial charge in [-0.05, 0) is 24.6 Å². The number of amides is 1. The molecule has 1 amide bonds. The average Bonchev–Trinajstić information content (AvgIpc) is 2.45. The van der Waals surface area contributed by atoms with Crippen LogP contribution in [0.5, 0.6) is 11.5 Å². The summed E-state index contributed by atoms with van der Waals surface area (Å²) in [5.74, 6) is 0.835. The van der Waals surface area contributed by atoms with Crippen LogP contribution < -0.4 is 9.47 Å². The minimum absolute atomic E-state index is 0.0625. The van der Waals surface area contributed by atoms with E-state index in [1.807, 2.05) is 13.0 Å². The zero-order valence-electron chi connectivity index (χ0n) is 11.5. The van der Waals surface area contributed by atoms with E-state index in [0.717, 1.165) is 6.42 Å². The fraction of sp³-hybridized carbons (Fsp3) is 0.429. The Kier molecular flexibility index (Phi) is 5.68. The normalized spacial score (nSPS) is 9.58. The van der Waals surface area contributed by atoms with Crippen molar-refractivity contribution in [1.29, 1.82) is 5.26 Å². The van der Waals surface area contributed by atoms with E-state index in [4.69, 9.17) is 14.7 Å². The fourth-order valence-electron chi connectivity index (χ4n) is 1.76. The van der Waals surface area contributed by atoms with Crippen LogP contribution in [0.2, 0.25) is 0 Å². The second kappa shape index (κ2) is 7.27. The molecular weight excluding hydrogens is 244 g/mol. The van der Waals surface area contributed by atoms with E-state index in [-0.39, 0.29) is 12.5 Å². The summed E-state index contributed by atoms with van der Waals surface area (Å²) in [6.07, 6.45) is 0.791. The number of benzene rings is 1. The van der Waals surface area contributed by atoms with Crippen LogP contribution >= 0.6 is 0 Å². The van der Waals surface area contributed by atoms with Crippen molar-refractivity contribution in [3.63, 3.8) is 0 Å². The highest BCUT2D eigenvalue weighted by Crippen LogP contribution is 2.25. The summed E-state index contributed by atoms with van der Waals surface area (Å²) in [5.41, 5.74) is 0.408. The van der Waals surface area contributed by atoms with Gasteiger partial charge in [-0.15, -0.1) is 0 Å². The summed E-state index contributed by atoms with van der Waals surface area (Å²) in [5, 5.41) is 8.79. The summed E-state index contributed by atoms with van der Waals surface area (Å²) in [7, 11) is 3.04. The molecular formula is C14H18N2O3. The standard InChI is InChI=1S/C14H18N2O3/c1-4-8-16(9-7-15)14(17)12-10-11(18-2)5-6-13(12)19-3/h5-6,10H,4,8-9H2,1-3H3. The number of carbonyl (C=O) groups excluding carboxylic acids is 1. The maximum atomic E-state index is 12.4. The van der Waals surface area contributed by atoms with E-state index in [9.17, 15) is 4.79 Å². The molecule has 1 rings (SSSR count). The second-order valence-corrected chi connectivity index (χ2v) is 3.95. The van der Waals surface area contributed by atoms with Crippen molar-refractivity contribution in [1.82, 2.24) is 4.90 Å². The van der Waals surface area contributed by atoms with Crippen LogP contribution in [-0.2, 0) is 0 Å². The van der Waals surface area contributed by atoms with Gasteiger partial charge in [-0.25, -0.2) is 0 Å². The molecule has 5 nitrogen and oxygen atoms in total. The van der Waals surface area contributed by atoms with E-state index < -0.39 is 0 Å². The van der Waals surface area contributed by atoms with Crippen molar-refractivity contribution in [2.75, 3.05) is 27.3 Å². The van der Waals surface area contributed by atoms with Crippen molar-refractivity contribution >= 4 is 5.91 Å². The summed E-state index contributed by atoms with van der Waals surface area (Å²) < 4.78 is 10.3. The highest BCUT2D eigenvalue weighted by atomic mass is 16.5. The zero-order valence-corrected chi connectivity index (χ0v) is 11.5. The second-order valence-electron chi connectivity index (χ2n) is 3.95. The molecule has 0 radical (unpaired) electrons. The summed E-state index contributed by atoms with van der Waals surface area (Å²) in [6, 6.07) is 7.04. The molecule has 0 N–H and O–H groups in total. The van der Waals surface area contributed by atoms with Crippen LogP contribution in [0.4, 0.5) is 0 Å². The van der Waals surface area contributed by atoms with Crippen LogP contribution in [-0.4, -0.2) is 38.1 Å². The van der Waals surface area contributed by atoms with Gasteiger partial charge in [-0.3, -0.25) is 4.79 Å². The van der Waals surface area contributed by atoms with Crippen molar-refractivity contribution in [2.24, 2.45) is 0 Å². The number of carbonyl (C=O) groups is 1. The molecule has 0 aliphatic rings. The number of ether oxygens (including phenoxy) is 2. The summed E-state index contributed by atoms with van der Waals surface area (Å²) in [4.78, 5) is 13.9. The lowest BCUT2D eigenvalue weighted by atomic mass is 10.1. The number of nitriles is 1. The Morgan fingerprint density at radius 1 is 1.37 bits per heavy atom. The molecule has 0 aliphatic heterocycles. The number of hydrogen-bond donors (Lipinski definition) is 0. The minimum atomic E-state index is -0.223. The van der Waals surface area contributed by atoms with Gasteiger partial charge in [0.05, 0.1) is 25.9 Å². The molecule has 1 aromatic carbocycles. The molecule has 1 aromatic rings. The van der Waals surface area contributed by atoms with Crippen LogP contribution in [0.15, 0.2) is 18.2 Å². The van der Waals surface area contributed by atoms with Crippen molar-refractivity contribution < 1.29 is 14.3 Å². The molecule has 0 atom stereocenters. The monoisotopic (exact) mass is 262 g/mol. The highest BCUT2D eigenvalue weighted by Gasteiger charge is 2.19. The van der Waals surface area contributed by atoms with Crippen LogP contribution in [0.3, 0.4) is 0 Å². The largest absolute Gasteiger partial charge is 0.497 e. The van der Waals surface area contributed by atoms with E-state index in [2.05, 4.69) is 0 Å². The zero-order chi connectivity index (χ0) is 14.3. The van der Waals surface area contributed by atoms with Gasteiger partial charge < -0.3 is 14.4 Å². The molecule has 0 aliphatic carbocycles. The first-order valence-corrected chi connectivity index (χ1v) is 6.06. The Morgan fingerprint density at radius 3 is 2.63 bits per heavy atom. The Morgan fingerprint density at radius 2 is 2.11 bits per heavy atom. The van der Waals surface area contributed by atoms with Crippen LogP contribution in [0.1, 0.15) is 23.7 Å². The van der Waals surface area contributed by atoms with Gasteiger partial charge in [0.15, 0.2) is 0 Å². The van der Waals surface area contributed by atoms with E-state index in [0.29, 0.717) is 23.6 Å². The number of nitrogens with zero attached hydrogens (tertiary/aromatic N) is 2. The molecule has 19 heavy (non-hydrogen) atoms. The lowest BCUT2D eigenvalue weighted by Crippen LogP contribution is -2.32. The molecule has 0 heterocycles. The first-order valence-electron chi connectivity index (χ1n) is 6.06. The first-order chi connectivity index (χ1) is 9.17. The quantitative estimate of drug-likeness (QED) is 0.736. The number of hydrogen-bond acceptors (Lipinski definition) is 4. The molecule has 0 saturated heterocycles. The van der Waals surface area contributed by atoms with Crippen molar-refractivity contribution in [3.05, 3.63) is 23.8 Å². The lowest BCUT2D eigenvalue weighted by Gasteiger charge is -2.20. The molecule has 0 spiro atoms. The van der Waals surface area contributed by atoms with Gasteiger partial charge >= 0.3 is 0 Å². The van der Waals surface area contributed by atoms with Gasteiger partial charge in [0, 0.05) is 6.54 Å². The predicted molar refractivity (Wildman–Crippen MR) is 71.4 cm³/mol. The smallest absolute Gasteiger partial charge is 0.258 e. The third-order valence-electron chi connectivity index (χ3n) is 2.68. The molecule has 102 valence electrons. The Labute approximate surface area is 113 Å². The minimum Gasteiger partial charge on any atom is -0.497 e. The maximum Gasteiger partial charge on any atom is 0.258 e. The highest BCUT2D eigenvalue weighted by molar-refractivity contribution is 5.97. The first kappa shape index (κ1) is 14.8. The SMILES string of the molecule is CCCN(CC#N)C(=O)c1cc(OC)ccc1OC. The fourth-order valence-corrected chi connectivity index (χ4v) is 1.76. The van der Waals surface area contributed by atoms with Crippen molar-refractivity contribution in [3.8, 4) is 17.6 Å². The van der Waals surface area contributed by atoms with Gasteiger partial charge in [-0.1, -0.05) is 6.92 Å². The van der Waals surface area contributed by atoms with E-state index in [1.165, 1.54) is 19.1 Å². The molecule has 0 bridgehead atoms. The lowest BCUT2D eigenvalue weighted by molar-refractivity contribution is 0.0772. The predicted octanol–water partition coefficient (Wildman–Crippen LogP) is 2.08. The molecule has 0 aromatic heterocycles. The Balaban J connectivity index is 3.11. The van der Waals surface area contributed by atoms with Crippen LogP contribution in [0.25, 0.3) is 0 Å². The number of rotatable bonds is 6. The molecule has 0 unspecified atom stereocenters. The number of methoxy groups -OCH3 is 2. The van der Waals surface area contributed by atoms with Gasteiger partial charge in [0.1, 0.15) is 18.0 Å². The Hall–Kier alpha value is -2.22. The maximum absolute atomic E-state index is 12.4. The van der Waals surface area contributed by atoms with Gasteiger partial charge in [-0.2, -0.15) is 5.26 Å². The summed E-state index contributed by atoms with van der Waals surface area (Å²) in [6.45, 7) is 2.56. The molecule has 5 heteroatoms. The van der Waals surface area contributed by atoms with E-state index in [1.54, 1.807) is 18.2 Å². The van der Waals surface area contributed by atoms with E-state index >= 15 is 0 Å². The third-order valence-corrected chi connectivity index (χ3v) is 2.68. The Bertz CT molecular complexity index is 480. The molecule has 0 saturated carbocycles. The van der Waals surface area contributed by atoms with Crippen LogP contribution in [0, 0.1) is 11.3 Å². The topological polar surface area (TPSA) is 62.6 Å². The molecule has 0 fully saturated rings. The third kappa shape index (κ3) is 3.62.